The maximum Gasteiger partial charge on any atom is 0.410 e. The van der Waals surface area contributed by atoms with Crippen LogP contribution in [0.25, 0.3) is 11.1 Å². The number of halogens is 1. The number of carbonyl (C=O) groups is 1. The smallest absolute Gasteiger partial charge is 0.410 e. The summed E-state index contributed by atoms with van der Waals surface area (Å²) < 4.78 is 11.3. The number of piperidine rings is 1. The average molecular weight is 501 g/mol. The SMILES string of the molecule is CCOc1ccc(-c2cc3c4c(c2)[C@@H]2CN(C(=O)OC(C)(C)C)CC[C@@H]2N4CCCS3)c(Cl)c1. The molecule has 7 heteroatoms. The van der Waals surface area contributed by atoms with Crippen molar-refractivity contribution in [3.05, 3.63) is 40.9 Å². The topological polar surface area (TPSA) is 42.0 Å². The van der Waals surface area contributed by atoms with Crippen LogP contribution in [0.2, 0.25) is 5.02 Å². The predicted octanol–water partition coefficient (Wildman–Crippen LogP) is 6.81. The number of carbonyl (C=O) groups excluding carboxylic acids is 1. The molecule has 3 heterocycles. The van der Waals surface area contributed by atoms with Crippen molar-refractivity contribution >= 4 is 35.1 Å². The number of benzene rings is 2. The molecule has 1 saturated heterocycles. The Balaban J connectivity index is 1.52. The van der Waals surface area contributed by atoms with Crippen LogP contribution in [0.15, 0.2) is 35.2 Å². The highest BCUT2D eigenvalue weighted by molar-refractivity contribution is 7.99. The van der Waals surface area contributed by atoms with E-state index in [0.29, 0.717) is 24.2 Å². The van der Waals surface area contributed by atoms with E-state index in [1.807, 2.05) is 56.5 Å². The van der Waals surface area contributed by atoms with Gasteiger partial charge in [0.05, 0.1) is 17.3 Å². The first kappa shape index (κ1) is 23.7. The molecule has 3 aliphatic heterocycles. The molecule has 34 heavy (non-hydrogen) atoms. The van der Waals surface area contributed by atoms with Gasteiger partial charge in [0.25, 0.3) is 0 Å². The van der Waals surface area contributed by atoms with E-state index in [4.69, 9.17) is 21.1 Å². The number of rotatable bonds is 3. The molecule has 0 unspecified atom stereocenters. The van der Waals surface area contributed by atoms with Crippen molar-refractivity contribution in [3.63, 3.8) is 0 Å². The molecule has 3 aliphatic rings. The van der Waals surface area contributed by atoms with Gasteiger partial charge in [-0.25, -0.2) is 4.79 Å². The summed E-state index contributed by atoms with van der Waals surface area (Å²) in [6.07, 6.45) is 1.91. The average Bonchev–Trinajstić information content (AvgIpc) is 2.93. The van der Waals surface area contributed by atoms with Crippen LogP contribution in [0.1, 0.15) is 52.0 Å². The van der Waals surface area contributed by atoms with Crippen molar-refractivity contribution < 1.29 is 14.3 Å². The van der Waals surface area contributed by atoms with Crippen LogP contribution in [-0.2, 0) is 4.74 Å². The van der Waals surface area contributed by atoms with Gasteiger partial charge in [-0.3, -0.25) is 0 Å². The van der Waals surface area contributed by atoms with E-state index in [1.54, 1.807) is 0 Å². The zero-order valence-corrected chi connectivity index (χ0v) is 22.0. The van der Waals surface area contributed by atoms with E-state index in [1.165, 1.54) is 16.1 Å². The highest BCUT2D eigenvalue weighted by Gasteiger charge is 2.45. The molecular weight excluding hydrogens is 468 g/mol. The van der Waals surface area contributed by atoms with Crippen LogP contribution in [0.4, 0.5) is 10.5 Å². The monoisotopic (exact) mass is 500 g/mol. The number of anilines is 1. The maximum absolute atomic E-state index is 12.9. The third kappa shape index (κ3) is 4.47. The number of fused-ring (bicyclic) bond motifs is 3. The fraction of sp³-hybridized carbons (Fsp3) is 0.519. The molecule has 0 radical (unpaired) electrons. The number of amides is 1. The van der Waals surface area contributed by atoms with Crippen LogP contribution >= 0.6 is 23.4 Å². The van der Waals surface area contributed by atoms with Crippen molar-refractivity contribution in [2.24, 2.45) is 0 Å². The van der Waals surface area contributed by atoms with E-state index >= 15 is 0 Å². The summed E-state index contributed by atoms with van der Waals surface area (Å²) in [5.74, 6) is 2.18. The Hall–Kier alpha value is -2.05. The van der Waals surface area contributed by atoms with Gasteiger partial charge >= 0.3 is 6.09 Å². The van der Waals surface area contributed by atoms with Gasteiger partial charge in [0.1, 0.15) is 11.4 Å². The molecule has 1 fully saturated rings. The largest absolute Gasteiger partial charge is 0.494 e. The van der Waals surface area contributed by atoms with Gasteiger partial charge in [-0.1, -0.05) is 11.6 Å². The lowest BCUT2D eigenvalue weighted by molar-refractivity contribution is 0.0189. The summed E-state index contributed by atoms with van der Waals surface area (Å²) in [7, 11) is 0. The molecular formula is C27H33ClN2O3S. The Morgan fingerprint density at radius 1 is 1.21 bits per heavy atom. The van der Waals surface area contributed by atoms with Gasteiger partial charge in [0.15, 0.2) is 0 Å². The molecule has 5 rings (SSSR count). The fourth-order valence-corrected chi connectivity index (χ4v) is 6.80. The van der Waals surface area contributed by atoms with Crippen molar-refractivity contribution in [2.45, 2.75) is 63.0 Å². The predicted molar refractivity (Wildman–Crippen MR) is 140 cm³/mol. The minimum absolute atomic E-state index is 0.210. The Kier molecular flexibility index (Phi) is 6.40. The molecule has 1 amide bonds. The van der Waals surface area contributed by atoms with Crippen molar-refractivity contribution in [3.8, 4) is 16.9 Å². The van der Waals surface area contributed by atoms with Gasteiger partial charge < -0.3 is 19.3 Å². The molecule has 0 N–H and O–H groups in total. The van der Waals surface area contributed by atoms with Crippen molar-refractivity contribution in [1.82, 2.24) is 4.90 Å². The summed E-state index contributed by atoms with van der Waals surface area (Å²) in [5, 5.41) is 0.696. The molecule has 0 saturated carbocycles. The van der Waals surface area contributed by atoms with Crippen LogP contribution in [0.5, 0.6) is 5.75 Å². The zero-order chi connectivity index (χ0) is 24.0. The summed E-state index contributed by atoms with van der Waals surface area (Å²) in [6, 6.07) is 11.0. The second-order valence-electron chi connectivity index (χ2n) is 10.3. The molecule has 0 spiro atoms. The zero-order valence-electron chi connectivity index (χ0n) is 20.4. The summed E-state index contributed by atoms with van der Waals surface area (Å²) >= 11 is 8.66. The van der Waals surface area contributed by atoms with E-state index in [2.05, 4.69) is 23.1 Å². The molecule has 5 nitrogen and oxygen atoms in total. The highest BCUT2D eigenvalue weighted by atomic mass is 35.5. The molecule has 2 aromatic carbocycles. The molecule has 0 aliphatic carbocycles. The van der Waals surface area contributed by atoms with Gasteiger partial charge in [0.2, 0.25) is 0 Å². The Labute approximate surface area is 211 Å². The Morgan fingerprint density at radius 3 is 2.76 bits per heavy atom. The lowest BCUT2D eigenvalue weighted by atomic mass is 9.88. The summed E-state index contributed by atoms with van der Waals surface area (Å²) in [5.41, 5.74) is 4.37. The number of ether oxygens (including phenoxy) is 2. The fourth-order valence-electron chi connectivity index (χ4n) is 5.44. The van der Waals surface area contributed by atoms with Crippen LogP contribution in [0, 0.1) is 0 Å². The normalized spacial score (nSPS) is 21.6. The third-order valence-electron chi connectivity index (χ3n) is 6.78. The van der Waals surface area contributed by atoms with E-state index < -0.39 is 5.60 Å². The highest BCUT2D eigenvalue weighted by Crippen LogP contribution is 2.52. The van der Waals surface area contributed by atoms with Crippen molar-refractivity contribution in [1.29, 1.82) is 0 Å². The van der Waals surface area contributed by atoms with Crippen molar-refractivity contribution in [2.75, 3.05) is 36.9 Å². The first-order valence-corrected chi connectivity index (χ1v) is 13.6. The molecule has 2 aromatic rings. The van der Waals surface area contributed by atoms with Crippen LogP contribution in [0.3, 0.4) is 0 Å². The standard InChI is InChI=1S/C27H33ClN2O3S/c1-5-32-18-7-8-19(22(28)15-18)17-13-20-21-16-29(26(31)33-27(2,3)4)11-9-23(21)30-10-6-12-34-24(14-17)25(20)30/h7-8,13-15,21,23H,5-6,9-12,16H2,1-4H3/t21-,23-/m0/s1. The lowest BCUT2D eigenvalue weighted by Crippen LogP contribution is -2.49. The molecule has 182 valence electrons. The van der Waals surface area contributed by atoms with Gasteiger partial charge in [-0.2, -0.15) is 0 Å². The molecule has 0 aromatic heterocycles. The van der Waals surface area contributed by atoms with Gasteiger partial charge in [-0.05, 0) is 87.7 Å². The van der Waals surface area contributed by atoms with E-state index in [0.717, 1.165) is 48.6 Å². The number of nitrogens with zero attached hydrogens (tertiary/aromatic N) is 2. The minimum atomic E-state index is -0.490. The molecule has 0 bridgehead atoms. The third-order valence-corrected chi connectivity index (χ3v) is 8.21. The molecule has 2 atom stereocenters. The second-order valence-corrected chi connectivity index (χ2v) is 11.8. The quantitative estimate of drug-likeness (QED) is 0.462. The maximum atomic E-state index is 12.9. The van der Waals surface area contributed by atoms with Gasteiger partial charge in [-0.15, -0.1) is 11.8 Å². The number of hydrogen-bond acceptors (Lipinski definition) is 5. The minimum Gasteiger partial charge on any atom is -0.494 e. The lowest BCUT2D eigenvalue weighted by Gasteiger charge is -2.39. The number of thioether (sulfide) groups is 1. The Morgan fingerprint density at radius 2 is 2.03 bits per heavy atom. The first-order chi connectivity index (χ1) is 16.2. The van der Waals surface area contributed by atoms with E-state index in [-0.39, 0.29) is 12.0 Å². The van der Waals surface area contributed by atoms with Gasteiger partial charge in [0, 0.05) is 42.1 Å². The number of hydrogen-bond donors (Lipinski definition) is 0. The van der Waals surface area contributed by atoms with Crippen LogP contribution in [-0.4, -0.2) is 54.6 Å². The Bertz CT molecular complexity index is 1100. The number of likely N-dealkylation sites (tertiary alicyclic amines) is 1. The second kappa shape index (κ2) is 9.19. The van der Waals surface area contributed by atoms with Crippen LogP contribution < -0.4 is 9.64 Å². The summed E-state index contributed by atoms with van der Waals surface area (Å²) in [4.78, 5) is 18.7. The van der Waals surface area contributed by atoms with E-state index in [9.17, 15) is 4.79 Å². The summed E-state index contributed by atoms with van der Waals surface area (Å²) in [6.45, 7) is 10.9. The first-order valence-electron chi connectivity index (χ1n) is 12.2.